The van der Waals surface area contributed by atoms with E-state index in [1.54, 1.807) is 30.0 Å². The Balaban J connectivity index is 1.35. The van der Waals surface area contributed by atoms with Crippen molar-refractivity contribution in [1.29, 1.82) is 0 Å². The van der Waals surface area contributed by atoms with Crippen molar-refractivity contribution in [3.05, 3.63) is 78.0 Å². The first-order valence-electron chi connectivity index (χ1n) is 12.0. The molecule has 7 heteroatoms. The highest BCUT2D eigenvalue weighted by Gasteiger charge is 2.48. The van der Waals surface area contributed by atoms with Gasteiger partial charge in [-0.25, -0.2) is 0 Å². The summed E-state index contributed by atoms with van der Waals surface area (Å²) in [7, 11) is 1.56. The Bertz CT molecular complexity index is 1160. The fourth-order valence-corrected chi connectivity index (χ4v) is 5.44. The minimum atomic E-state index is -0.523. The summed E-state index contributed by atoms with van der Waals surface area (Å²) >= 11 is 0. The highest BCUT2D eigenvalue weighted by Crippen LogP contribution is 2.41. The summed E-state index contributed by atoms with van der Waals surface area (Å²) in [6, 6.07) is 18.7. The number of fused-ring (bicyclic) bond motifs is 1. The second-order valence-electron chi connectivity index (χ2n) is 9.15. The van der Waals surface area contributed by atoms with Crippen molar-refractivity contribution in [2.45, 2.75) is 50.7 Å². The van der Waals surface area contributed by atoms with Crippen LogP contribution < -0.4 is 10.1 Å². The first-order valence-corrected chi connectivity index (χ1v) is 12.0. The van der Waals surface area contributed by atoms with Gasteiger partial charge in [0, 0.05) is 18.3 Å². The number of nitrogens with one attached hydrogen (secondary N) is 1. The number of rotatable bonds is 6. The van der Waals surface area contributed by atoms with Crippen LogP contribution >= 0.6 is 0 Å². The minimum absolute atomic E-state index is 0.0811. The van der Waals surface area contributed by atoms with E-state index in [1.807, 2.05) is 53.6 Å². The van der Waals surface area contributed by atoms with Gasteiger partial charge in [0.25, 0.3) is 5.91 Å². The number of amides is 2. The van der Waals surface area contributed by atoms with Crippen LogP contribution in [-0.2, 0) is 11.3 Å². The van der Waals surface area contributed by atoms with Crippen LogP contribution in [0.15, 0.2) is 66.9 Å². The van der Waals surface area contributed by atoms with Gasteiger partial charge in [0.05, 0.1) is 19.2 Å². The van der Waals surface area contributed by atoms with Gasteiger partial charge in [-0.15, -0.1) is 0 Å². The Labute approximate surface area is 199 Å². The molecule has 2 fully saturated rings. The Morgan fingerprint density at radius 3 is 2.62 bits per heavy atom. The van der Waals surface area contributed by atoms with Gasteiger partial charge in [0.1, 0.15) is 11.8 Å². The molecule has 2 aromatic carbocycles. The molecule has 1 aliphatic heterocycles. The van der Waals surface area contributed by atoms with Crippen LogP contribution in [0.1, 0.15) is 48.0 Å². The van der Waals surface area contributed by atoms with Crippen molar-refractivity contribution in [1.82, 2.24) is 14.7 Å². The van der Waals surface area contributed by atoms with Crippen LogP contribution in [0.4, 0.5) is 5.82 Å². The summed E-state index contributed by atoms with van der Waals surface area (Å²) in [5.74, 6) is 1.06. The molecule has 2 aliphatic rings. The van der Waals surface area contributed by atoms with Gasteiger partial charge >= 0.3 is 0 Å². The number of nitrogens with zero attached hydrogens (tertiary/aromatic N) is 3. The van der Waals surface area contributed by atoms with E-state index in [4.69, 9.17) is 4.74 Å². The first-order chi connectivity index (χ1) is 16.6. The lowest BCUT2D eigenvalue weighted by Gasteiger charge is -2.33. The molecule has 5 rings (SSSR count). The Hall–Kier alpha value is -3.61. The number of ether oxygens (including phenoxy) is 1. The van der Waals surface area contributed by atoms with Crippen LogP contribution in [0.2, 0.25) is 0 Å². The van der Waals surface area contributed by atoms with Crippen molar-refractivity contribution < 1.29 is 14.3 Å². The molecule has 0 spiro atoms. The van der Waals surface area contributed by atoms with Crippen molar-refractivity contribution in [3.8, 4) is 5.75 Å². The second-order valence-corrected chi connectivity index (χ2v) is 9.15. The summed E-state index contributed by atoms with van der Waals surface area (Å²) in [5.41, 5.74) is 1.64. The van der Waals surface area contributed by atoms with E-state index in [0.717, 1.165) is 31.2 Å². The third kappa shape index (κ3) is 4.42. The number of hydrogen-bond donors (Lipinski definition) is 1. The molecular weight excluding hydrogens is 428 g/mol. The maximum atomic E-state index is 13.7. The van der Waals surface area contributed by atoms with Crippen LogP contribution in [0.25, 0.3) is 0 Å². The molecule has 1 N–H and O–H groups in total. The first kappa shape index (κ1) is 22.2. The lowest BCUT2D eigenvalue weighted by Crippen LogP contribution is -2.48. The third-order valence-electron chi connectivity index (χ3n) is 7.04. The molecule has 3 aromatic rings. The number of para-hydroxylation sites is 1. The zero-order valence-corrected chi connectivity index (χ0v) is 19.4. The molecule has 1 saturated carbocycles. The highest BCUT2D eigenvalue weighted by molar-refractivity contribution is 6.02. The number of anilines is 1. The fraction of sp³-hybridized carbons (Fsp3) is 0.370. The average molecular weight is 459 g/mol. The minimum Gasteiger partial charge on any atom is -0.496 e. The molecule has 1 aromatic heterocycles. The van der Waals surface area contributed by atoms with Gasteiger partial charge in [-0.2, -0.15) is 5.10 Å². The maximum Gasteiger partial charge on any atom is 0.258 e. The largest absolute Gasteiger partial charge is 0.496 e. The number of aromatic nitrogens is 2. The van der Waals surface area contributed by atoms with Gasteiger partial charge in [-0.1, -0.05) is 55.3 Å². The summed E-state index contributed by atoms with van der Waals surface area (Å²) in [6.07, 6.45) is 6.75. The number of benzene rings is 2. The molecule has 2 amide bonds. The van der Waals surface area contributed by atoms with Crippen LogP contribution in [0, 0.1) is 5.92 Å². The molecule has 3 unspecified atom stereocenters. The van der Waals surface area contributed by atoms with Crippen molar-refractivity contribution in [2.24, 2.45) is 5.92 Å². The van der Waals surface area contributed by atoms with E-state index in [1.165, 1.54) is 0 Å². The number of hydrogen-bond acceptors (Lipinski definition) is 4. The quantitative estimate of drug-likeness (QED) is 0.596. The van der Waals surface area contributed by atoms with Gasteiger partial charge in [-0.05, 0) is 42.9 Å². The molecule has 3 atom stereocenters. The maximum absolute atomic E-state index is 13.7. The molecule has 0 radical (unpaired) electrons. The van der Waals surface area contributed by atoms with E-state index in [9.17, 15) is 9.59 Å². The van der Waals surface area contributed by atoms with Crippen molar-refractivity contribution in [2.75, 3.05) is 12.4 Å². The fourth-order valence-electron chi connectivity index (χ4n) is 5.44. The van der Waals surface area contributed by atoms with Gasteiger partial charge in [-0.3, -0.25) is 14.3 Å². The zero-order valence-electron chi connectivity index (χ0n) is 19.4. The topological polar surface area (TPSA) is 76.5 Å². The average Bonchev–Trinajstić information content (AvgIpc) is 3.48. The lowest BCUT2D eigenvalue weighted by molar-refractivity contribution is -0.120. The van der Waals surface area contributed by atoms with E-state index in [0.29, 0.717) is 36.0 Å². The normalized spacial score (nSPS) is 21.7. The van der Waals surface area contributed by atoms with Crippen LogP contribution in [-0.4, -0.2) is 45.7 Å². The standard InChI is InChI=1S/C27H30N4O3/c1-34-24-14-8-6-12-21(24)27(33)31-22-13-7-5-11-20(22)17-23(31)26(32)28-25-15-16-30(29-25)18-19-9-3-2-4-10-19/h2-4,6,8-10,12,14-16,20,22-23H,5,7,11,13,17-18H2,1H3,(H,28,29,32). The van der Waals surface area contributed by atoms with Crippen molar-refractivity contribution in [3.63, 3.8) is 0 Å². The van der Waals surface area contributed by atoms with Gasteiger partial charge in [0.2, 0.25) is 5.91 Å². The lowest BCUT2D eigenvalue weighted by atomic mass is 9.84. The molecule has 7 nitrogen and oxygen atoms in total. The summed E-state index contributed by atoms with van der Waals surface area (Å²) < 4.78 is 7.25. The SMILES string of the molecule is COc1ccccc1C(=O)N1C(C(=O)Nc2ccn(Cc3ccccc3)n2)CC2CCCCC21. The molecule has 0 bridgehead atoms. The van der Waals surface area contributed by atoms with Gasteiger partial charge < -0.3 is 15.0 Å². The van der Waals surface area contributed by atoms with Crippen molar-refractivity contribution >= 4 is 17.6 Å². The number of carbonyl (C=O) groups is 2. The summed E-state index contributed by atoms with van der Waals surface area (Å²) in [5, 5.41) is 7.49. The predicted molar refractivity (Wildman–Crippen MR) is 130 cm³/mol. The molecule has 1 saturated heterocycles. The summed E-state index contributed by atoms with van der Waals surface area (Å²) in [4.78, 5) is 29.0. The van der Waals surface area contributed by atoms with E-state index < -0.39 is 6.04 Å². The highest BCUT2D eigenvalue weighted by atomic mass is 16.5. The van der Waals surface area contributed by atoms with Crippen LogP contribution in [0.5, 0.6) is 5.75 Å². The zero-order chi connectivity index (χ0) is 23.5. The van der Waals surface area contributed by atoms with E-state index in [-0.39, 0.29) is 17.9 Å². The Morgan fingerprint density at radius 2 is 1.79 bits per heavy atom. The molecule has 176 valence electrons. The monoisotopic (exact) mass is 458 g/mol. The predicted octanol–water partition coefficient (Wildman–Crippen LogP) is 4.35. The van der Waals surface area contributed by atoms with Gasteiger partial charge in [0.15, 0.2) is 5.82 Å². The number of carbonyl (C=O) groups excluding carboxylic acids is 2. The Morgan fingerprint density at radius 1 is 1.03 bits per heavy atom. The Kier molecular flexibility index (Phi) is 6.34. The second kappa shape index (κ2) is 9.71. The molecule has 1 aliphatic carbocycles. The molecule has 34 heavy (non-hydrogen) atoms. The van der Waals surface area contributed by atoms with Crippen LogP contribution in [0.3, 0.4) is 0 Å². The molecule has 2 heterocycles. The van der Waals surface area contributed by atoms with E-state index >= 15 is 0 Å². The van der Waals surface area contributed by atoms with E-state index in [2.05, 4.69) is 10.4 Å². The molecular formula is C27H30N4O3. The summed E-state index contributed by atoms with van der Waals surface area (Å²) in [6.45, 7) is 0.628. The third-order valence-corrected chi connectivity index (χ3v) is 7.04. The smallest absolute Gasteiger partial charge is 0.258 e. The number of methoxy groups -OCH3 is 1. The number of likely N-dealkylation sites (tertiary alicyclic amines) is 1.